The summed E-state index contributed by atoms with van der Waals surface area (Å²) in [5, 5.41) is 3.69. The molecule has 0 bridgehead atoms. The fourth-order valence-electron chi connectivity index (χ4n) is 3.28. The Kier molecular flexibility index (Phi) is 4.37. The van der Waals surface area contributed by atoms with Gasteiger partial charge in [-0.2, -0.15) is 0 Å². The molecule has 1 aromatic carbocycles. The smallest absolute Gasteiger partial charge is 0.399 e. The summed E-state index contributed by atoms with van der Waals surface area (Å²) < 4.78 is 12.4. The molecule has 3 nitrogen and oxygen atoms in total. The van der Waals surface area contributed by atoms with Crippen molar-refractivity contribution in [3.05, 3.63) is 29.8 Å². The Balaban J connectivity index is 1.74. The first-order chi connectivity index (χ1) is 10.4. The summed E-state index contributed by atoms with van der Waals surface area (Å²) in [6, 6.07) is 9.15. The molecule has 3 rings (SSSR count). The lowest BCUT2D eigenvalue weighted by molar-refractivity contribution is 0.00578. The fourth-order valence-corrected chi connectivity index (χ4v) is 3.28. The molecule has 1 saturated heterocycles. The highest BCUT2D eigenvalue weighted by atomic mass is 16.7. The molecule has 0 atom stereocenters. The molecule has 120 valence electrons. The Morgan fingerprint density at radius 2 is 1.64 bits per heavy atom. The molecular weight excluding hydrogens is 273 g/mol. The molecule has 1 saturated carbocycles. The first-order valence-electron chi connectivity index (χ1n) is 8.56. The predicted octanol–water partition coefficient (Wildman–Crippen LogP) is 3.02. The summed E-state index contributed by atoms with van der Waals surface area (Å²) in [6.07, 6.45) is 5.32. The van der Waals surface area contributed by atoms with Crippen molar-refractivity contribution in [1.29, 1.82) is 0 Å². The Bertz CT molecular complexity index is 508. The molecule has 22 heavy (non-hydrogen) atoms. The zero-order valence-electron chi connectivity index (χ0n) is 14.3. The Labute approximate surface area is 134 Å². The molecule has 1 heterocycles. The van der Waals surface area contributed by atoms with Crippen LogP contribution in [0.3, 0.4) is 0 Å². The van der Waals surface area contributed by atoms with Gasteiger partial charge in [-0.3, -0.25) is 0 Å². The fraction of sp³-hybridized carbons (Fsp3) is 0.667. The van der Waals surface area contributed by atoms with Gasteiger partial charge in [0, 0.05) is 12.6 Å². The van der Waals surface area contributed by atoms with Crippen molar-refractivity contribution in [1.82, 2.24) is 5.32 Å². The lowest BCUT2D eigenvalue weighted by atomic mass is 9.76. The first kappa shape index (κ1) is 16.0. The molecule has 0 amide bonds. The van der Waals surface area contributed by atoms with Gasteiger partial charge in [0.2, 0.25) is 0 Å². The maximum Gasteiger partial charge on any atom is 0.495 e. The maximum absolute atomic E-state index is 6.21. The van der Waals surface area contributed by atoms with E-state index in [0.717, 1.165) is 12.0 Å². The van der Waals surface area contributed by atoms with Gasteiger partial charge >= 0.3 is 7.12 Å². The van der Waals surface area contributed by atoms with Crippen LogP contribution in [0.4, 0.5) is 0 Å². The van der Waals surface area contributed by atoms with Gasteiger partial charge in [0.1, 0.15) is 0 Å². The van der Waals surface area contributed by atoms with E-state index in [-0.39, 0.29) is 18.3 Å². The van der Waals surface area contributed by atoms with Crippen LogP contribution in [0.25, 0.3) is 0 Å². The Morgan fingerprint density at radius 3 is 2.27 bits per heavy atom. The van der Waals surface area contributed by atoms with Crippen molar-refractivity contribution in [2.75, 3.05) is 0 Å². The van der Waals surface area contributed by atoms with Crippen molar-refractivity contribution < 1.29 is 9.31 Å². The monoisotopic (exact) mass is 301 g/mol. The molecule has 2 aliphatic rings. The van der Waals surface area contributed by atoms with Crippen LogP contribution < -0.4 is 10.8 Å². The number of rotatable bonds is 4. The molecule has 1 N–H and O–H groups in total. The van der Waals surface area contributed by atoms with E-state index in [2.05, 4.69) is 57.3 Å². The third-order valence-electron chi connectivity index (χ3n) is 5.50. The molecule has 4 heteroatoms. The number of nitrogens with one attached hydrogen (secondary N) is 1. The third-order valence-corrected chi connectivity index (χ3v) is 5.50. The summed E-state index contributed by atoms with van der Waals surface area (Å²) in [4.78, 5) is 0. The van der Waals surface area contributed by atoms with Gasteiger partial charge in [0.25, 0.3) is 0 Å². The minimum absolute atomic E-state index is 0.272. The minimum atomic E-state index is -0.288. The Morgan fingerprint density at radius 1 is 1.05 bits per heavy atom. The van der Waals surface area contributed by atoms with Crippen LogP contribution in [0.5, 0.6) is 0 Å². The highest BCUT2D eigenvalue weighted by Gasteiger charge is 2.52. The van der Waals surface area contributed by atoms with Gasteiger partial charge < -0.3 is 14.6 Å². The number of hydrogen-bond acceptors (Lipinski definition) is 3. The number of hydrogen-bond donors (Lipinski definition) is 1. The number of benzene rings is 1. The largest absolute Gasteiger partial charge is 0.495 e. The van der Waals surface area contributed by atoms with E-state index in [1.807, 2.05) is 0 Å². The highest BCUT2D eigenvalue weighted by Crippen LogP contribution is 2.36. The second-order valence-corrected chi connectivity index (χ2v) is 7.65. The van der Waals surface area contributed by atoms with Crippen molar-refractivity contribution in [3.63, 3.8) is 0 Å². The standard InChI is InChI=1S/C18H28BNO2/c1-17(2)18(3,4)22-19(21-17)16-12-8-5-9-14(16)13-20-15-10-6-7-11-15/h5,8-9,12,15,20H,6-7,10-11,13H2,1-4H3. The summed E-state index contributed by atoms with van der Waals surface area (Å²) in [6.45, 7) is 9.31. The third kappa shape index (κ3) is 3.10. The van der Waals surface area contributed by atoms with Crippen LogP contribution in [-0.2, 0) is 15.9 Å². The maximum atomic E-state index is 6.21. The quantitative estimate of drug-likeness (QED) is 0.867. The van der Waals surface area contributed by atoms with Crippen LogP contribution in [0, 0.1) is 0 Å². The zero-order chi connectivity index (χ0) is 15.8. The molecular formula is C18H28BNO2. The lowest BCUT2D eigenvalue weighted by Gasteiger charge is -2.32. The van der Waals surface area contributed by atoms with Gasteiger partial charge in [-0.15, -0.1) is 0 Å². The van der Waals surface area contributed by atoms with Crippen LogP contribution in [0.1, 0.15) is 58.9 Å². The average Bonchev–Trinajstić information content (AvgIpc) is 3.04. The molecule has 0 spiro atoms. The molecule has 1 aromatic rings. The summed E-state index contributed by atoms with van der Waals surface area (Å²) >= 11 is 0. The SMILES string of the molecule is CC1(C)OB(c2ccccc2CNC2CCCC2)OC1(C)C. The van der Waals surface area contributed by atoms with Gasteiger partial charge in [0.05, 0.1) is 11.2 Å². The van der Waals surface area contributed by atoms with Crippen LogP contribution in [0.15, 0.2) is 24.3 Å². The van der Waals surface area contributed by atoms with Crippen LogP contribution >= 0.6 is 0 Å². The molecule has 0 radical (unpaired) electrons. The van der Waals surface area contributed by atoms with E-state index in [0.29, 0.717) is 6.04 Å². The van der Waals surface area contributed by atoms with Crippen molar-refractivity contribution >= 4 is 12.6 Å². The molecule has 1 aliphatic heterocycles. The van der Waals surface area contributed by atoms with E-state index >= 15 is 0 Å². The second kappa shape index (κ2) is 5.99. The van der Waals surface area contributed by atoms with Crippen molar-refractivity contribution in [2.24, 2.45) is 0 Å². The van der Waals surface area contributed by atoms with Crippen LogP contribution in [0.2, 0.25) is 0 Å². The summed E-state index contributed by atoms with van der Waals surface area (Å²) in [5.41, 5.74) is 1.87. The van der Waals surface area contributed by atoms with Crippen LogP contribution in [-0.4, -0.2) is 24.4 Å². The molecule has 0 unspecified atom stereocenters. The molecule has 1 aliphatic carbocycles. The predicted molar refractivity (Wildman–Crippen MR) is 91.3 cm³/mol. The normalized spacial score (nSPS) is 24.1. The topological polar surface area (TPSA) is 30.5 Å². The first-order valence-corrected chi connectivity index (χ1v) is 8.56. The highest BCUT2D eigenvalue weighted by molar-refractivity contribution is 6.62. The van der Waals surface area contributed by atoms with Crippen molar-refractivity contribution in [2.45, 2.75) is 77.2 Å². The van der Waals surface area contributed by atoms with E-state index < -0.39 is 0 Å². The summed E-state index contributed by atoms with van der Waals surface area (Å²) in [5.74, 6) is 0. The van der Waals surface area contributed by atoms with Crippen molar-refractivity contribution in [3.8, 4) is 0 Å². The van der Waals surface area contributed by atoms with E-state index in [4.69, 9.17) is 9.31 Å². The van der Waals surface area contributed by atoms with E-state index in [1.54, 1.807) is 0 Å². The van der Waals surface area contributed by atoms with Gasteiger partial charge in [-0.25, -0.2) is 0 Å². The minimum Gasteiger partial charge on any atom is -0.399 e. The molecule has 0 aromatic heterocycles. The molecule has 2 fully saturated rings. The van der Waals surface area contributed by atoms with Gasteiger partial charge in [0.15, 0.2) is 0 Å². The summed E-state index contributed by atoms with van der Waals surface area (Å²) in [7, 11) is -0.272. The van der Waals surface area contributed by atoms with Gasteiger partial charge in [-0.05, 0) is 51.6 Å². The van der Waals surface area contributed by atoms with Gasteiger partial charge in [-0.1, -0.05) is 37.1 Å². The zero-order valence-corrected chi connectivity index (χ0v) is 14.3. The van der Waals surface area contributed by atoms with E-state index in [9.17, 15) is 0 Å². The average molecular weight is 301 g/mol. The lowest BCUT2D eigenvalue weighted by Crippen LogP contribution is -2.41. The van der Waals surface area contributed by atoms with E-state index in [1.165, 1.54) is 31.2 Å². The Hall–Kier alpha value is -0.835. The second-order valence-electron chi connectivity index (χ2n) is 7.65.